The third-order valence-electron chi connectivity index (χ3n) is 6.81. The molecular weight excluding hydrogens is 606 g/mol. The van der Waals surface area contributed by atoms with Crippen LogP contribution in [0.5, 0.6) is 0 Å². The van der Waals surface area contributed by atoms with E-state index in [1.54, 1.807) is 30.3 Å². The highest BCUT2D eigenvalue weighted by Crippen LogP contribution is 2.41. The van der Waals surface area contributed by atoms with Crippen LogP contribution in [-0.4, -0.2) is 89.8 Å². The van der Waals surface area contributed by atoms with Gasteiger partial charge in [0.2, 0.25) is 5.91 Å². The first kappa shape index (κ1) is 30.6. The van der Waals surface area contributed by atoms with Crippen molar-refractivity contribution in [3.05, 3.63) is 89.4 Å². The summed E-state index contributed by atoms with van der Waals surface area (Å²) >= 11 is 2.65. The van der Waals surface area contributed by atoms with Crippen LogP contribution < -0.4 is 10.6 Å². The Morgan fingerprint density at radius 2 is 1.91 bits per heavy atom. The summed E-state index contributed by atoms with van der Waals surface area (Å²) in [5, 5.41) is 21.7. The van der Waals surface area contributed by atoms with Crippen LogP contribution >= 0.6 is 23.5 Å². The topological polar surface area (TPSA) is 178 Å². The maximum absolute atomic E-state index is 13.0. The van der Waals surface area contributed by atoms with E-state index in [1.807, 2.05) is 30.3 Å². The van der Waals surface area contributed by atoms with Gasteiger partial charge in [-0.15, -0.1) is 11.8 Å². The summed E-state index contributed by atoms with van der Waals surface area (Å²) in [7, 11) is 1.34. The number of carbonyl (C=O) groups is 5. The molecule has 0 aliphatic carbocycles. The van der Waals surface area contributed by atoms with Crippen molar-refractivity contribution in [1.29, 1.82) is 0 Å². The monoisotopic (exact) mass is 633 g/mol. The largest absolute Gasteiger partial charge is 0.477 e. The van der Waals surface area contributed by atoms with Crippen molar-refractivity contribution in [2.75, 3.05) is 23.9 Å². The highest BCUT2D eigenvalue weighted by molar-refractivity contribution is 8.01. The number of aliphatic carboxylic acids is 1. The second-order valence-electron chi connectivity index (χ2n) is 9.70. The third-order valence-corrected chi connectivity index (χ3v) is 9.11. The molecule has 1 unspecified atom stereocenters. The fourth-order valence-electron chi connectivity index (χ4n) is 4.55. The number of thioether (sulfide) groups is 2. The van der Waals surface area contributed by atoms with Crippen molar-refractivity contribution in [3.8, 4) is 0 Å². The SMILES string of the molecule is CN(C(=O)/C=C/c1ccccc1)C(=O)Nc1ccccc1CC(=O)NC1C(=O)N2C(C(=O)O)=C(CSc3ncn[nH]3)CS[C@H]12. The number of carbonyl (C=O) groups excluding carboxylic acids is 4. The number of likely N-dealkylation sites (N-methyl/N-ethyl adjacent to an activating group) is 1. The van der Waals surface area contributed by atoms with Gasteiger partial charge < -0.3 is 15.7 Å². The molecule has 15 heteroatoms. The van der Waals surface area contributed by atoms with Gasteiger partial charge in [0.25, 0.3) is 11.8 Å². The van der Waals surface area contributed by atoms with Gasteiger partial charge in [0.15, 0.2) is 5.16 Å². The minimum Gasteiger partial charge on any atom is -0.477 e. The highest BCUT2D eigenvalue weighted by atomic mass is 32.2. The molecule has 44 heavy (non-hydrogen) atoms. The second kappa shape index (κ2) is 13.6. The number of fused-ring (bicyclic) bond motifs is 1. The molecule has 0 spiro atoms. The zero-order chi connectivity index (χ0) is 31.2. The van der Waals surface area contributed by atoms with E-state index < -0.39 is 41.1 Å². The first-order valence-electron chi connectivity index (χ1n) is 13.3. The van der Waals surface area contributed by atoms with Crippen molar-refractivity contribution >= 4 is 65.0 Å². The Labute approximate surface area is 260 Å². The summed E-state index contributed by atoms with van der Waals surface area (Å²) in [6.07, 6.45) is 4.08. The molecule has 5 amide bonds. The molecule has 4 N–H and O–H groups in total. The van der Waals surface area contributed by atoms with E-state index in [-0.39, 0.29) is 12.1 Å². The zero-order valence-electron chi connectivity index (χ0n) is 23.3. The highest BCUT2D eigenvalue weighted by Gasteiger charge is 2.54. The Kier molecular flexibility index (Phi) is 9.45. The molecule has 1 fully saturated rings. The molecule has 3 heterocycles. The fraction of sp³-hybridized carbons (Fsp3) is 0.207. The van der Waals surface area contributed by atoms with Crippen LogP contribution in [0, 0.1) is 0 Å². The number of aromatic amines is 1. The molecule has 13 nitrogen and oxygen atoms in total. The number of H-pyrrole nitrogens is 1. The number of amides is 5. The van der Waals surface area contributed by atoms with Gasteiger partial charge in [0.1, 0.15) is 23.4 Å². The molecule has 2 aromatic carbocycles. The van der Waals surface area contributed by atoms with Crippen molar-refractivity contribution in [2.24, 2.45) is 0 Å². The van der Waals surface area contributed by atoms with Gasteiger partial charge in [-0.05, 0) is 28.8 Å². The fourth-order valence-corrected chi connectivity index (χ4v) is 6.81. The zero-order valence-corrected chi connectivity index (χ0v) is 24.9. The first-order valence-corrected chi connectivity index (χ1v) is 15.3. The molecule has 2 aliphatic rings. The van der Waals surface area contributed by atoms with Gasteiger partial charge in [-0.25, -0.2) is 14.6 Å². The molecule has 226 valence electrons. The average Bonchev–Trinajstić information content (AvgIpc) is 3.55. The Morgan fingerprint density at radius 3 is 2.64 bits per heavy atom. The predicted molar refractivity (Wildman–Crippen MR) is 164 cm³/mol. The Hall–Kier alpha value is -4.89. The van der Waals surface area contributed by atoms with E-state index in [2.05, 4.69) is 25.8 Å². The number of benzene rings is 2. The number of hydrogen-bond donors (Lipinski definition) is 4. The van der Waals surface area contributed by atoms with E-state index in [9.17, 15) is 29.1 Å². The molecule has 1 saturated heterocycles. The molecule has 2 aliphatic heterocycles. The van der Waals surface area contributed by atoms with Crippen LogP contribution in [0.2, 0.25) is 0 Å². The number of rotatable bonds is 10. The van der Waals surface area contributed by atoms with Crippen LogP contribution in [0.1, 0.15) is 11.1 Å². The Balaban J connectivity index is 1.19. The van der Waals surface area contributed by atoms with Crippen LogP contribution in [0.4, 0.5) is 10.5 Å². The first-order chi connectivity index (χ1) is 21.2. The van der Waals surface area contributed by atoms with E-state index in [1.165, 1.54) is 47.9 Å². The van der Waals surface area contributed by atoms with Gasteiger partial charge in [-0.1, -0.05) is 60.3 Å². The number of hydrogen-bond acceptors (Lipinski definition) is 9. The number of nitrogens with one attached hydrogen (secondary N) is 3. The van der Waals surface area contributed by atoms with Crippen molar-refractivity contribution in [2.45, 2.75) is 23.0 Å². The summed E-state index contributed by atoms with van der Waals surface area (Å²) in [6, 6.07) is 14.2. The molecule has 0 radical (unpaired) electrons. The number of carboxylic acid groups (broad SMARTS) is 1. The van der Waals surface area contributed by atoms with E-state index in [4.69, 9.17) is 0 Å². The van der Waals surface area contributed by atoms with Crippen LogP contribution in [0.15, 0.2) is 83.4 Å². The summed E-state index contributed by atoms with van der Waals surface area (Å²) in [5.74, 6) is -2.07. The molecule has 2 atom stereocenters. The minimum absolute atomic E-state index is 0.0818. The van der Waals surface area contributed by atoms with E-state index in [0.717, 1.165) is 10.5 Å². The molecule has 3 aromatic rings. The average molecular weight is 634 g/mol. The van der Waals surface area contributed by atoms with E-state index in [0.29, 0.717) is 33.5 Å². The van der Waals surface area contributed by atoms with Crippen molar-refractivity contribution in [1.82, 2.24) is 30.3 Å². The maximum Gasteiger partial charge on any atom is 0.352 e. The smallest absolute Gasteiger partial charge is 0.352 e. The number of para-hydroxylation sites is 1. The van der Waals surface area contributed by atoms with Gasteiger partial charge in [-0.3, -0.25) is 29.3 Å². The number of carboxylic acids is 1. The van der Waals surface area contributed by atoms with Gasteiger partial charge in [0, 0.05) is 30.3 Å². The number of imide groups is 1. The quantitative estimate of drug-likeness (QED) is 0.147. The predicted octanol–water partition coefficient (Wildman–Crippen LogP) is 2.58. The van der Waals surface area contributed by atoms with Gasteiger partial charge in [0.05, 0.1) is 6.42 Å². The molecule has 0 saturated carbocycles. The molecular formula is C29H27N7O6S2. The summed E-state index contributed by atoms with van der Waals surface area (Å²) in [5.41, 5.74) is 2.10. The lowest BCUT2D eigenvalue weighted by atomic mass is 10.0. The van der Waals surface area contributed by atoms with Crippen LogP contribution in [0.25, 0.3) is 6.08 Å². The third kappa shape index (κ3) is 6.84. The molecule has 0 bridgehead atoms. The number of β-lactam (4-membered cyclic amide) rings is 1. The van der Waals surface area contributed by atoms with Crippen LogP contribution in [-0.2, 0) is 25.6 Å². The Morgan fingerprint density at radius 1 is 1.16 bits per heavy atom. The lowest BCUT2D eigenvalue weighted by Crippen LogP contribution is -2.70. The molecule has 5 rings (SSSR count). The summed E-state index contributed by atoms with van der Waals surface area (Å²) < 4.78 is 0. The number of anilines is 1. The summed E-state index contributed by atoms with van der Waals surface area (Å²) in [4.78, 5) is 69.6. The lowest BCUT2D eigenvalue weighted by molar-refractivity contribution is -0.150. The lowest BCUT2D eigenvalue weighted by Gasteiger charge is -2.49. The van der Waals surface area contributed by atoms with Crippen LogP contribution in [0.3, 0.4) is 0 Å². The standard InChI is InChI=1S/C29H27N7O6S2/c1-35(22(38)12-11-17-7-3-2-4-8-17)29(42)32-20-10-6-5-9-18(20)13-21(37)33-23-25(39)36-24(27(40)41)19(14-43-26(23)36)15-44-28-30-16-31-34-28/h2-12,16,23,26H,13-15H2,1H3,(H,32,42)(H,33,37)(H,40,41)(H,30,31,34)/b12-11+/t23?,26-/m1/s1. The molecule has 1 aromatic heterocycles. The summed E-state index contributed by atoms with van der Waals surface area (Å²) in [6.45, 7) is 0. The Bertz CT molecular complexity index is 1640. The normalized spacial score (nSPS) is 17.6. The number of aromatic nitrogens is 3. The van der Waals surface area contributed by atoms with Gasteiger partial charge in [-0.2, -0.15) is 5.10 Å². The van der Waals surface area contributed by atoms with Gasteiger partial charge >= 0.3 is 12.0 Å². The minimum atomic E-state index is -1.22. The van der Waals surface area contributed by atoms with Crippen molar-refractivity contribution < 1.29 is 29.1 Å². The second-order valence-corrected chi connectivity index (χ2v) is 11.8. The number of urea groups is 1. The van der Waals surface area contributed by atoms with E-state index >= 15 is 0 Å². The maximum atomic E-state index is 13.0. The van der Waals surface area contributed by atoms with Crippen molar-refractivity contribution in [3.63, 3.8) is 0 Å². The number of nitrogens with zero attached hydrogens (tertiary/aromatic N) is 4.